The van der Waals surface area contributed by atoms with Gasteiger partial charge in [0, 0.05) is 13.3 Å². The van der Waals surface area contributed by atoms with E-state index in [0.29, 0.717) is 0 Å². The minimum atomic E-state index is -2.20. The van der Waals surface area contributed by atoms with Crippen LogP contribution in [0.15, 0.2) is 0 Å². The van der Waals surface area contributed by atoms with Crippen LogP contribution in [0.2, 0.25) is 0 Å². The average molecular weight is 285 g/mol. The number of carbonyl (C=O) groups excluding carboxylic acids is 3. The smallest absolute Gasteiger partial charge is 0.356 e. The Morgan fingerprint density at radius 3 is 2.00 bits per heavy atom. The van der Waals surface area contributed by atoms with Gasteiger partial charge >= 0.3 is 11.9 Å². The van der Waals surface area contributed by atoms with Gasteiger partial charge in [0.15, 0.2) is 0 Å². The Bertz CT molecular complexity index is 402. The molecule has 0 unspecified atom stereocenters. The standard InChI is InChI=1S/C13H19NO6/c1-4-19-11(17)13(14-10(3)16,8-6-7-9-15)12(18)20-5-2/h15H,4-5,7,9H2,1-3H3,(H,14,16). The van der Waals surface area contributed by atoms with E-state index >= 15 is 0 Å². The lowest BCUT2D eigenvalue weighted by Crippen LogP contribution is -2.60. The molecule has 0 radical (unpaired) electrons. The van der Waals surface area contributed by atoms with E-state index < -0.39 is 23.4 Å². The fourth-order valence-electron chi connectivity index (χ4n) is 1.31. The molecule has 0 fully saturated rings. The Balaban J connectivity index is 5.63. The second-order valence-corrected chi connectivity index (χ2v) is 3.65. The van der Waals surface area contributed by atoms with Crippen molar-refractivity contribution < 1.29 is 29.0 Å². The van der Waals surface area contributed by atoms with E-state index in [1.807, 2.05) is 0 Å². The highest BCUT2D eigenvalue weighted by atomic mass is 16.6. The second-order valence-electron chi connectivity index (χ2n) is 3.65. The van der Waals surface area contributed by atoms with Crippen LogP contribution < -0.4 is 5.32 Å². The second kappa shape index (κ2) is 8.93. The summed E-state index contributed by atoms with van der Waals surface area (Å²) < 4.78 is 9.57. The van der Waals surface area contributed by atoms with E-state index in [1.54, 1.807) is 13.8 Å². The van der Waals surface area contributed by atoms with Gasteiger partial charge in [0.1, 0.15) is 0 Å². The van der Waals surface area contributed by atoms with Crippen molar-refractivity contribution in [2.24, 2.45) is 0 Å². The Kier molecular flexibility index (Phi) is 8.01. The van der Waals surface area contributed by atoms with Crippen molar-refractivity contribution in [3.8, 4) is 11.8 Å². The summed E-state index contributed by atoms with van der Waals surface area (Å²) in [5, 5.41) is 10.9. The zero-order valence-electron chi connectivity index (χ0n) is 11.8. The molecule has 0 bridgehead atoms. The predicted octanol–water partition coefficient (Wildman–Crippen LogP) is -0.627. The third kappa shape index (κ3) is 4.90. The fraction of sp³-hybridized carbons (Fsp3) is 0.615. The van der Waals surface area contributed by atoms with E-state index in [9.17, 15) is 14.4 Å². The molecule has 7 nitrogen and oxygen atoms in total. The van der Waals surface area contributed by atoms with Gasteiger partial charge in [0.2, 0.25) is 5.91 Å². The molecule has 0 rings (SSSR count). The molecule has 2 N–H and O–H groups in total. The number of carbonyl (C=O) groups is 3. The quantitative estimate of drug-likeness (QED) is 0.383. The van der Waals surface area contributed by atoms with Gasteiger partial charge in [-0.15, -0.1) is 0 Å². The number of amides is 1. The number of hydrogen-bond donors (Lipinski definition) is 2. The normalized spacial score (nSPS) is 10.0. The van der Waals surface area contributed by atoms with Crippen molar-refractivity contribution in [3.05, 3.63) is 0 Å². The van der Waals surface area contributed by atoms with Crippen LogP contribution in [0.3, 0.4) is 0 Å². The van der Waals surface area contributed by atoms with Crippen molar-refractivity contribution in [3.63, 3.8) is 0 Å². The Morgan fingerprint density at radius 1 is 1.15 bits per heavy atom. The van der Waals surface area contributed by atoms with E-state index in [0.717, 1.165) is 6.92 Å². The van der Waals surface area contributed by atoms with Gasteiger partial charge < -0.3 is 19.9 Å². The van der Waals surface area contributed by atoms with Crippen LogP contribution in [-0.4, -0.2) is 48.3 Å². The molecule has 1 amide bonds. The fourth-order valence-corrected chi connectivity index (χ4v) is 1.31. The SMILES string of the molecule is CCOC(=O)C(C#CCCO)(NC(C)=O)C(=O)OCC. The molecule has 0 aliphatic heterocycles. The van der Waals surface area contributed by atoms with E-state index in [-0.39, 0.29) is 26.2 Å². The van der Waals surface area contributed by atoms with Gasteiger partial charge in [-0.05, 0) is 13.8 Å². The third-order valence-electron chi connectivity index (χ3n) is 2.04. The first kappa shape index (κ1) is 17.9. The van der Waals surface area contributed by atoms with Crippen molar-refractivity contribution in [1.82, 2.24) is 5.32 Å². The molecular formula is C13H19NO6. The maximum atomic E-state index is 12.0. The summed E-state index contributed by atoms with van der Waals surface area (Å²) in [4.78, 5) is 35.3. The first-order valence-corrected chi connectivity index (χ1v) is 6.18. The molecule has 0 aromatic heterocycles. The topological polar surface area (TPSA) is 102 Å². The molecule has 0 aliphatic rings. The number of rotatable bonds is 6. The average Bonchev–Trinajstić information content (AvgIpc) is 2.37. The predicted molar refractivity (Wildman–Crippen MR) is 69.3 cm³/mol. The first-order valence-electron chi connectivity index (χ1n) is 6.18. The largest absolute Gasteiger partial charge is 0.463 e. The highest BCUT2D eigenvalue weighted by Crippen LogP contribution is 2.11. The Labute approximate surface area is 117 Å². The summed E-state index contributed by atoms with van der Waals surface area (Å²) in [7, 11) is 0. The lowest BCUT2D eigenvalue weighted by atomic mass is 10.00. The minimum Gasteiger partial charge on any atom is -0.463 e. The highest BCUT2D eigenvalue weighted by molar-refractivity contribution is 6.11. The molecule has 20 heavy (non-hydrogen) atoms. The van der Waals surface area contributed by atoms with Gasteiger partial charge in [0.25, 0.3) is 5.54 Å². The van der Waals surface area contributed by atoms with Crippen molar-refractivity contribution in [1.29, 1.82) is 0 Å². The van der Waals surface area contributed by atoms with E-state index in [2.05, 4.69) is 17.2 Å². The molecule has 0 aromatic rings. The number of aliphatic hydroxyl groups is 1. The lowest BCUT2D eigenvalue weighted by molar-refractivity contribution is -0.164. The minimum absolute atomic E-state index is 0.0151. The summed E-state index contributed by atoms with van der Waals surface area (Å²) in [6.45, 7) is 4.05. The number of nitrogens with one attached hydrogen (secondary N) is 1. The summed E-state index contributed by atoms with van der Waals surface area (Å²) in [5.41, 5.74) is -2.20. The van der Waals surface area contributed by atoms with Gasteiger partial charge in [-0.2, -0.15) is 0 Å². The zero-order valence-corrected chi connectivity index (χ0v) is 11.8. The van der Waals surface area contributed by atoms with Crippen LogP contribution in [0.1, 0.15) is 27.2 Å². The molecular weight excluding hydrogens is 266 g/mol. The molecule has 112 valence electrons. The number of hydrogen-bond acceptors (Lipinski definition) is 6. The Morgan fingerprint density at radius 2 is 1.65 bits per heavy atom. The highest BCUT2D eigenvalue weighted by Gasteiger charge is 2.49. The molecule has 0 aliphatic carbocycles. The van der Waals surface area contributed by atoms with Crippen molar-refractivity contribution >= 4 is 17.8 Å². The summed E-state index contributed by atoms with van der Waals surface area (Å²) >= 11 is 0. The molecule has 0 spiro atoms. The van der Waals surface area contributed by atoms with Gasteiger partial charge in [-0.3, -0.25) is 4.79 Å². The van der Waals surface area contributed by atoms with Gasteiger partial charge in [-0.25, -0.2) is 9.59 Å². The molecule has 0 heterocycles. The van der Waals surface area contributed by atoms with Crippen LogP contribution in [-0.2, 0) is 23.9 Å². The Hall–Kier alpha value is -2.07. The van der Waals surface area contributed by atoms with Crippen LogP contribution in [0.25, 0.3) is 0 Å². The van der Waals surface area contributed by atoms with E-state index in [4.69, 9.17) is 14.6 Å². The molecule has 0 aromatic carbocycles. The molecule has 0 atom stereocenters. The van der Waals surface area contributed by atoms with Gasteiger partial charge in [0.05, 0.1) is 19.8 Å². The molecule has 7 heteroatoms. The van der Waals surface area contributed by atoms with Crippen LogP contribution in [0.4, 0.5) is 0 Å². The number of aliphatic hydroxyl groups excluding tert-OH is 1. The third-order valence-corrected chi connectivity index (χ3v) is 2.04. The summed E-state index contributed by atoms with van der Waals surface area (Å²) in [6.07, 6.45) is 0.0418. The number of ether oxygens (including phenoxy) is 2. The van der Waals surface area contributed by atoms with Crippen LogP contribution in [0, 0.1) is 11.8 Å². The van der Waals surface area contributed by atoms with Crippen LogP contribution >= 0.6 is 0 Å². The first-order chi connectivity index (χ1) is 9.44. The maximum absolute atomic E-state index is 12.0. The van der Waals surface area contributed by atoms with Crippen molar-refractivity contribution in [2.75, 3.05) is 19.8 Å². The summed E-state index contributed by atoms with van der Waals surface area (Å²) in [5.74, 6) is 2.12. The number of esters is 2. The molecule has 0 saturated carbocycles. The van der Waals surface area contributed by atoms with Gasteiger partial charge in [-0.1, -0.05) is 11.8 Å². The van der Waals surface area contributed by atoms with Crippen molar-refractivity contribution in [2.45, 2.75) is 32.7 Å². The van der Waals surface area contributed by atoms with Crippen LogP contribution in [0.5, 0.6) is 0 Å². The summed E-state index contributed by atoms with van der Waals surface area (Å²) in [6, 6.07) is 0. The van der Waals surface area contributed by atoms with E-state index in [1.165, 1.54) is 0 Å². The maximum Gasteiger partial charge on any atom is 0.356 e. The molecule has 0 saturated heterocycles. The lowest BCUT2D eigenvalue weighted by Gasteiger charge is -2.24. The monoisotopic (exact) mass is 285 g/mol. The zero-order chi connectivity index (χ0) is 15.6.